The van der Waals surface area contributed by atoms with Gasteiger partial charge in [0, 0.05) is 5.41 Å². The number of carboxylic acid groups (broad SMARTS) is 1. The third kappa shape index (κ3) is 3.81. The molecule has 0 aromatic rings. The fourth-order valence-corrected chi connectivity index (χ4v) is 9.12. The molecule has 0 aromatic carbocycles. The van der Waals surface area contributed by atoms with Crippen LogP contribution in [0, 0.1) is 52.3 Å². The van der Waals surface area contributed by atoms with Crippen LogP contribution in [0.25, 0.3) is 0 Å². The van der Waals surface area contributed by atoms with Crippen LogP contribution in [0.15, 0.2) is 11.6 Å². The molecule has 0 amide bonds. The van der Waals surface area contributed by atoms with Gasteiger partial charge in [-0.2, -0.15) is 0 Å². The average molecular weight is 431 g/mol. The molecule has 0 aromatic heterocycles. The second-order valence-electron chi connectivity index (χ2n) is 12.6. The Balaban J connectivity index is 1.56. The van der Waals surface area contributed by atoms with E-state index in [1.807, 2.05) is 0 Å². The van der Waals surface area contributed by atoms with Gasteiger partial charge in [0.05, 0.1) is 12.0 Å². The molecule has 0 radical (unpaired) electrons. The van der Waals surface area contributed by atoms with E-state index in [9.17, 15) is 15.0 Å². The lowest BCUT2D eigenvalue weighted by atomic mass is 9.44. The van der Waals surface area contributed by atoms with Crippen LogP contribution < -0.4 is 0 Å². The molecule has 1 unspecified atom stereocenters. The van der Waals surface area contributed by atoms with Crippen LogP contribution in [-0.2, 0) is 4.79 Å². The van der Waals surface area contributed by atoms with Crippen molar-refractivity contribution in [1.82, 2.24) is 0 Å². The first-order valence-corrected chi connectivity index (χ1v) is 13.2. The maximum Gasteiger partial charge on any atom is 0.307 e. The van der Waals surface area contributed by atoms with Gasteiger partial charge < -0.3 is 10.2 Å². The first-order chi connectivity index (χ1) is 14.6. The normalized spacial score (nSPS) is 45.5. The van der Waals surface area contributed by atoms with Crippen molar-refractivity contribution in [2.45, 2.75) is 105 Å². The second-order valence-corrected chi connectivity index (χ2v) is 12.6. The van der Waals surface area contributed by atoms with E-state index >= 15 is 0 Å². The Morgan fingerprint density at radius 2 is 1.87 bits per heavy atom. The minimum atomic E-state index is -0.704. The molecule has 0 heterocycles. The van der Waals surface area contributed by atoms with E-state index < -0.39 is 18.0 Å². The van der Waals surface area contributed by atoms with Crippen LogP contribution in [-0.4, -0.2) is 22.3 Å². The van der Waals surface area contributed by atoms with E-state index in [1.54, 1.807) is 0 Å². The molecule has 4 rings (SSSR count). The van der Waals surface area contributed by atoms with E-state index in [2.05, 4.69) is 40.7 Å². The molecule has 31 heavy (non-hydrogen) atoms. The van der Waals surface area contributed by atoms with Gasteiger partial charge in [-0.3, -0.25) is 4.79 Å². The van der Waals surface area contributed by atoms with Crippen molar-refractivity contribution in [1.29, 1.82) is 0 Å². The fraction of sp³-hybridized carbons (Fsp3) is 0.893. The molecular weight excluding hydrogens is 384 g/mol. The van der Waals surface area contributed by atoms with Gasteiger partial charge >= 0.3 is 5.97 Å². The van der Waals surface area contributed by atoms with Crippen molar-refractivity contribution in [3.8, 4) is 0 Å². The zero-order chi connectivity index (χ0) is 22.6. The molecule has 9 atom stereocenters. The highest BCUT2D eigenvalue weighted by molar-refractivity contribution is 5.72. The molecule has 3 nitrogen and oxygen atoms in total. The zero-order valence-corrected chi connectivity index (χ0v) is 20.6. The summed E-state index contributed by atoms with van der Waals surface area (Å²) >= 11 is 0. The lowest BCUT2D eigenvalue weighted by Gasteiger charge is -2.59. The smallest absolute Gasteiger partial charge is 0.307 e. The van der Waals surface area contributed by atoms with Gasteiger partial charge in [-0.05, 0) is 85.9 Å². The maximum atomic E-state index is 12.3. The monoisotopic (exact) mass is 430 g/mol. The summed E-state index contributed by atoms with van der Waals surface area (Å²) in [6.07, 6.45) is 13.3. The van der Waals surface area contributed by atoms with Gasteiger partial charge in [0.2, 0.25) is 0 Å². The van der Waals surface area contributed by atoms with Crippen molar-refractivity contribution in [3.63, 3.8) is 0 Å². The molecule has 4 aliphatic rings. The van der Waals surface area contributed by atoms with Crippen LogP contribution in [0.5, 0.6) is 0 Å². The highest BCUT2D eigenvalue weighted by Crippen LogP contribution is 2.68. The third-order valence-corrected chi connectivity index (χ3v) is 10.7. The summed E-state index contributed by atoms with van der Waals surface area (Å²) in [5.74, 6) is 3.11. The quantitative estimate of drug-likeness (QED) is 0.461. The highest BCUT2D eigenvalue weighted by atomic mass is 16.4. The first kappa shape index (κ1) is 23.3. The van der Waals surface area contributed by atoms with Crippen LogP contribution in [0.2, 0.25) is 0 Å². The van der Waals surface area contributed by atoms with Crippen molar-refractivity contribution in [2.24, 2.45) is 52.3 Å². The van der Waals surface area contributed by atoms with E-state index in [4.69, 9.17) is 0 Å². The number of carboxylic acids is 1. The summed E-state index contributed by atoms with van der Waals surface area (Å²) < 4.78 is 0. The molecule has 3 heteroatoms. The van der Waals surface area contributed by atoms with Crippen LogP contribution >= 0.6 is 0 Å². The number of fused-ring (bicyclic) bond motifs is 5. The van der Waals surface area contributed by atoms with Gasteiger partial charge in [0.1, 0.15) is 0 Å². The van der Waals surface area contributed by atoms with Crippen LogP contribution in [0.1, 0.15) is 98.8 Å². The molecule has 0 aliphatic heterocycles. The minimum Gasteiger partial charge on any atom is -0.481 e. The van der Waals surface area contributed by atoms with Gasteiger partial charge in [-0.1, -0.05) is 65.5 Å². The first-order valence-electron chi connectivity index (χ1n) is 13.2. The Morgan fingerprint density at radius 1 is 1.13 bits per heavy atom. The van der Waals surface area contributed by atoms with Crippen molar-refractivity contribution in [2.75, 3.05) is 0 Å². The van der Waals surface area contributed by atoms with Crippen LogP contribution in [0.3, 0.4) is 0 Å². The van der Waals surface area contributed by atoms with Gasteiger partial charge in [-0.25, -0.2) is 0 Å². The van der Waals surface area contributed by atoms with E-state index in [-0.39, 0.29) is 5.41 Å². The summed E-state index contributed by atoms with van der Waals surface area (Å²) in [6.45, 7) is 12.0. The Labute approximate surface area is 190 Å². The summed E-state index contributed by atoms with van der Waals surface area (Å²) in [4.78, 5) is 12.3. The lowest BCUT2D eigenvalue weighted by molar-refractivity contribution is -0.155. The summed E-state index contributed by atoms with van der Waals surface area (Å²) in [7, 11) is 0. The topological polar surface area (TPSA) is 57.5 Å². The number of allylic oxidation sites excluding steroid dienone is 1. The standard InChI is InChI=1S/C28H46O3/c1-17(2)7-6-8-18(3)22-11-12-23-21-10-9-19-15-20(29)16-25(26(30)31)28(19,5)24(21)13-14-27(22,23)4/h9,17-18,20-25,29H,6-8,10-16H2,1-5H3,(H,30,31)/t18-,20-,21+,22-,23+,24+,25?,27-,28+/m1/s1. The molecule has 4 aliphatic carbocycles. The Hall–Kier alpha value is -0.830. The molecule has 176 valence electrons. The molecule has 0 saturated heterocycles. The SMILES string of the molecule is CC(C)CCC[C@@H](C)[C@H]1CC[C@H]2[C@@H]3CC=C4C[C@@H](O)CC(C(=O)O)[C@]4(C)[C@H]3CC[C@]12C. The number of aliphatic carboxylic acids is 1. The zero-order valence-electron chi connectivity index (χ0n) is 20.6. The third-order valence-electron chi connectivity index (χ3n) is 10.7. The summed E-state index contributed by atoms with van der Waals surface area (Å²) in [5.41, 5.74) is 1.41. The summed E-state index contributed by atoms with van der Waals surface area (Å²) in [5, 5.41) is 20.5. The second kappa shape index (κ2) is 8.50. The molecule has 0 spiro atoms. The van der Waals surface area contributed by atoms with Gasteiger partial charge in [-0.15, -0.1) is 0 Å². The molecule has 3 saturated carbocycles. The van der Waals surface area contributed by atoms with Gasteiger partial charge in [0.15, 0.2) is 0 Å². The predicted molar refractivity (Wildman–Crippen MR) is 126 cm³/mol. The number of aliphatic hydroxyl groups excluding tert-OH is 1. The number of hydrogen-bond donors (Lipinski definition) is 2. The van der Waals surface area contributed by atoms with E-state index in [0.717, 1.165) is 30.1 Å². The van der Waals surface area contributed by atoms with Crippen LogP contribution in [0.4, 0.5) is 0 Å². The Bertz CT molecular complexity index is 711. The Kier molecular flexibility index (Phi) is 6.40. The molecule has 3 fully saturated rings. The van der Waals surface area contributed by atoms with Crippen molar-refractivity contribution < 1.29 is 15.0 Å². The van der Waals surface area contributed by atoms with E-state index in [0.29, 0.717) is 30.1 Å². The van der Waals surface area contributed by atoms with E-state index in [1.165, 1.54) is 50.5 Å². The molecular formula is C28H46O3. The number of aliphatic hydroxyl groups is 1. The lowest BCUT2D eigenvalue weighted by Crippen LogP contribution is -2.55. The van der Waals surface area contributed by atoms with Crippen molar-refractivity contribution >= 4 is 5.97 Å². The Morgan fingerprint density at radius 3 is 2.55 bits per heavy atom. The largest absolute Gasteiger partial charge is 0.481 e. The number of carbonyl (C=O) groups is 1. The van der Waals surface area contributed by atoms with Crippen molar-refractivity contribution in [3.05, 3.63) is 11.6 Å². The van der Waals surface area contributed by atoms with Gasteiger partial charge in [0.25, 0.3) is 0 Å². The highest BCUT2D eigenvalue weighted by Gasteiger charge is 2.62. The number of hydrogen-bond acceptors (Lipinski definition) is 2. The minimum absolute atomic E-state index is 0.268. The predicted octanol–water partition coefficient (Wildman–Crippen LogP) is 6.70. The number of rotatable bonds is 6. The fourth-order valence-electron chi connectivity index (χ4n) is 9.12. The summed E-state index contributed by atoms with van der Waals surface area (Å²) in [6, 6.07) is 0. The molecule has 2 N–H and O–H groups in total. The molecule has 0 bridgehead atoms. The average Bonchev–Trinajstić information content (AvgIpc) is 3.04. The maximum absolute atomic E-state index is 12.3.